The van der Waals surface area contributed by atoms with Gasteiger partial charge in [0.1, 0.15) is 0 Å². The molecular formula is C18H18Cl2N2O2S. The number of carbonyl (C=O) groups excluding carboxylic acids is 2. The van der Waals surface area contributed by atoms with Crippen LogP contribution in [0.25, 0.3) is 0 Å². The summed E-state index contributed by atoms with van der Waals surface area (Å²) >= 11 is 13.3. The normalized spacial score (nSPS) is 10.4. The van der Waals surface area contributed by atoms with Gasteiger partial charge in [-0.2, -0.15) is 0 Å². The standard InChI is InChI=1S/C18H18Cl2N2O2S/c1-12(23)21-14-4-6-15(7-5-14)25-11-18(24)22(2)10-13-3-8-16(19)17(20)9-13/h3-9H,10-11H2,1-2H3,(H,21,23). The van der Waals surface area contributed by atoms with Crippen molar-refractivity contribution in [2.75, 3.05) is 18.1 Å². The molecule has 132 valence electrons. The molecule has 1 N–H and O–H groups in total. The average Bonchev–Trinajstić information content (AvgIpc) is 2.56. The molecule has 2 amide bonds. The van der Waals surface area contributed by atoms with Crippen LogP contribution in [0, 0.1) is 0 Å². The number of anilines is 1. The van der Waals surface area contributed by atoms with Gasteiger partial charge in [0, 0.05) is 31.1 Å². The number of rotatable bonds is 6. The second-order valence-electron chi connectivity index (χ2n) is 5.49. The van der Waals surface area contributed by atoms with Crippen molar-refractivity contribution in [3.05, 3.63) is 58.1 Å². The van der Waals surface area contributed by atoms with Crippen molar-refractivity contribution in [2.24, 2.45) is 0 Å². The quantitative estimate of drug-likeness (QED) is 0.719. The minimum Gasteiger partial charge on any atom is -0.341 e. The monoisotopic (exact) mass is 396 g/mol. The van der Waals surface area contributed by atoms with Crippen LogP contribution in [0.3, 0.4) is 0 Å². The Kier molecular flexibility index (Phi) is 7.17. The van der Waals surface area contributed by atoms with Gasteiger partial charge < -0.3 is 10.2 Å². The molecule has 0 radical (unpaired) electrons. The number of nitrogens with zero attached hydrogens (tertiary/aromatic N) is 1. The van der Waals surface area contributed by atoms with Gasteiger partial charge in [-0.15, -0.1) is 11.8 Å². The molecule has 0 heterocycles. The van der Waals surface area contributed by atoms with Gasteiger partial charge in [0.2, 0.25) is 11.8 Å². The lowest BCUT2D eigenvalue weighted by Gasteiger charge is -2.17. The van der Waals surface area contributed by atoms with E-state index in [0.29, 0.717) is 22.3 Å². The summed E-state index contributed by atoms with van der Waals surface area (Å²) in [4.78, 5) is 25.9. The molecule has 0 aliphatic heterocycles. The van der Waals surface area contributed by atoms with E-state index in [1.807, 2.05) is 30.3 Å². The lowest BCUT2D eigenvalue weighted by atomic mass is 10.2. The molecule has 0 bridgehead atoms. The summed E-state index contributed by atoms with van der Waals surface area (Å²) in [6, 6.07) is 12.7. The lowest BCUT2D eigenvalue weighted by molar-refractivity contribution is -0.127. The third-order valence-electron chi connectivity index (χ3n) is 3.37. The highest BCUT2D eigenvalue weighted by molar-refractivity contribution is 8.00. The van der Waals surface area contributed by atoms with Crippen LogP contribution in [-0.4, -0.2) is 29.5 Å². The van der Waals surface area contributed by atoms with Crippen molar-refractivity contribution in [1.82, 2.24) is 4.90 Å². The zero-order valence-electron chi connectivity index (χ0n) is 13.9. The molecule has 0 saturated heterocycles. The smallest absolute Gasteiger partial charge is 0.232 e. The number of nitrogens with one attached hydrogen (secondary N) is 1. The van der Waals surface area contributed by atoms with E-state index in [1.54, 1.807) is 24.1 Å². The first kappa shape index (κ1) is 19.6. The molecule has 0 aliphatic rings. The molecule has 25 heavy (non-hydrogen) atoms. The summed E-state index contributed by atoms with van der Waals surface area (Å²) in [5.41, 5.74) is 1.66. The largest absolute Gasteiger partial charge is 0.341 e. The van der Waals surface area contributed by atoms with Gasteiger partial charge in [0.05, 0.1) is 15.8 Å². The molecule has 0 saturated carbocycles. The minimum absolute atomic E-state index is 0.0157. The van der Waals surface area contributed by atoms with Crippen LogP contribution in [-0.2, 0) is 16.1 Å². The lowest BCUT2D eigenvalue weighted by Crippen LogP contribution is -2.27. The predicted octanol–water partition coefficient (Wildman–Crippen LogP) is 4.70. The third-order valence-corrected chi connectivity index (χ3v) is 5.10. The SMILES string of the molecule is CC(=O)Nc1ccc(SCC(=O)N(C)Cc2ccc(Cl)c(Cl)c2)cc1. The number of hydrogen-bond acceptors (Lipinski definition) is 3. The predicted molar refractivity (Wildman–Crippen MR) is 104 cm³/mol. The Hall–Kier alpha value is -1.69. The van der Waals surface area contributed by atoms with E-state index >= 15 is 0 Å². The molecule has 4 nitrogen and oxygen atoms in total. The number of halogens is 2. The molecular weight excluding hydrogens is 379 g/mol. The minimum atomic E-state index is -0.112. The van der Waals surface area contributed by atoms with Crippen LogP contribution < -0.4 is 5.32 Å². The highest BCUT2D eigenvalue weighted by atomic mass is 35.5. The van der Waals surface area contributed by atoms with E-state index in [0.717, 1.165) is 16.1 Å². The highest BCUT2D eigenvalue weighted by Crippen LogP contribution is 2.24. The van der Waals surface area contributed by atoms with Gasteiger partial charge in [-0.25, -0.2) is 0 Å². The van der Waals surface area contributed by atoms with E-state index in [9.17, 15) is 9.59 Å². The first-order chi connectivity index (χ1) is 11.8. The molecule has 2 rings (SSSR count). The fourth-order valence-corrected chi connectivity index (χ4v) is 3.25. The number of benzene rings is 2. The van der Waals surface area contributed by atoms with Crippen molar-refractivity contribution < 1.29 is 9.59 Å². The van der Waals surface area contributed by atoms with Crippen molar-refractivity contribution in [1.29, 1.82) is 0 Å². The average molecular weight is 397 g/mol. The maximum Gasteiger partial charge on any atom is 0.232 e. The Morgan fingerprint density at radius 3 is 2.36 bits per heavy atom. The molecule has 0 fully saturated rings. The van der Waals surface area contributed by atoms with E-state index in [1.165, 1.54) is 18.7 Å². The first-order valence-corrected chi connectivity index (χ1v) is 9.27. The second-order valence-corrected chi connectivity index (χ2v) is 7.36. The molecule has 2 aromatic rings. The molecule has 0 aromatic heterocycles. The summed E-state index contributed by atoms with van der Waals surface area (Å²) < 4.78 is 0. The van der Waals surface area contributed by atoms with Crippen LogP contribution in [0.2, 0.25) is 10.0 Å². The van der Waals surface area contributed by atoms with E-state index in [4.69, 9.17) is 23.2 Å². The number of carbonyl (C=O) groups is 2. The Bertz CT molecular complexity index is 766. The second kappa shape index (κ2) is 9.13. The van der Waals surface area contributed by atoms with Gasteiger partial charge in [-0.05, 0) is 42.0 Å². The summed E-state index contributed by atoms with van der Waals surface area (Å²) in [7, 11) is 1.76. The number of thioether (sulfide) groups is 1. The maximum absolute atomic E-state index is 12.3. The zero-order valence-corrected chi connectivity index (χ0v) is 16.2. The summed E-state index contributed by atoms with van der Waals surface area (Å²) in [6.45, 7) is 1.93. The van der Waals surface area contributed by atoms with Gasteiger partial charge >= 0.3 is 0 Å². The summed E-state index contributed by atoms with van der Waals surface area (Å²) in [5.74, 6) is 0.235. The Morgan fingerprint density at radius 2 is 1.76 bits per heavy atom. The molecule has 0 atom stereocenters. The molecule has 0 spiro atoms. The Balaban J connectivity index is 1.86. The van der Waals surface area contributed by atoms with Crippen LogP contribution in [0.1, 0.15) is 12.5 Å². The Morgan fingerprint density at radius 1 is 1.08 bits per heavy atom. The molecule has 0 unspecified atom stereocenters. The van der Waals surface area contributed by atoms with Crippen LogP contribution in [0.5, 0.6) is 0 Å². The highest BCUT2D eigenvalue weighted by Gasteiger charge is 2.11. The van der Waals surface area contributed by atoms with E-state index < -0.39 is 0 Å². The first-order valence-electron chi connectivity index (χ1n) is 7.53. The molecule has 7 heteroatoms. The van der Waals surface area contributed by atoms with Gasteiger partial charge in [0.15, 0.2) is 0 Å². The summed E-state index contributed by atoms with van der Waals surface area (Å²) in [5, 5.41) is 3.69. The van der Waals surface area contributed by atoms with E-state index in [2.05, 4.69) is 5.32 Å². The molecule has 2 aromatic carbocycles. The van der Waals surface area contributed by atoms with E-state index in [-0.39, 0.29) is 11.8 Å². The fourth-order valence-electron chi connectivity index (χ4n) is 2.09. The third kappa shape index (κ3) is 6.27. The van der Waals surface area contributed by atoms with Crippen molar-refractivity contribution >= 4 is 52.5 Å². The van der Waals surface area contributed by atoms with Crippen molar-refractivity contribution in [3.8, 4) is 0 Å². The van der Waals surface area contributed by atoms with Crippen molar-refractivity contribution in [2.45, 2.75) is 18.4 Å². The Labute approximate surface area is 161 Å². The number of amides is 2. The van der Waals surface area contributed by atoms with Crippen LogP contribution in [0.15, 0.2) is 47.4 Å². The van der Waals surface area contributed by atoms with Gasteiger partial charge in [0.25, 0.3) is 0 Å². The van der Waals surface area contributed by atoms with Crippen molar-refractivity contribution in [3.63, 3.8) is 0 Å². The van der Waals surface area contributed by atoms with Gasteiger partial charge in [-0.1, -0.05) is 29.3 Å². The zero-order chi connectivity index (χ0) is 18.4. The number of hydrogen-bond donors (Lipinski definition) is 1. The van der Waals surface area contributed by atoms with Crippen LogP contribution >= 0.6 is 35.0 Å². The fraction of sp³-hybridized carbons (Fsp3) is 0.222. The van der Waals surface area contributed by atoms with Gasteiger partial charge in [-0.3, -0.25) is 9.59 Å². The molecule has 0 aliphatic carbocycles. The van der Waals surface area contributed by atoms with Crippen LogP contribution in [0.4, 0.5) is 5.69 Å². The maximum atomic E-state index is 12.3. The summed E-state index contributed by atoms with van der Waals surface area (Å²) in [6.07, 6.45) is 0. The topological polar surface area (TPSA) is 49.4 Å².